The molecular weight excluding hydrogens is 306 g/mol. The maximum absolute atomic E-state index is 3.41. The van der Waals surface area contributed by atoms with Crippen molar-refractivity contribution in [3.05, 3.63) is 23.3 Å². The summed E-state index contributed by atoms with van der Waals surface area (Å²) in [6.45, 7) is 4.46. The van der Waals surface area contributed by atoms with Gasteiger partial charge in [0.15, 0.2) is 0 Å². The van der Waals surface area contributed by atoms with Gasteiger partial charge in [-0.05, 0) is 0 Å². The topological polar surface area (TPSA) is 0 Å². The molecule has 0 saturated heterocycles. The second-order valence-corrected chi connectivity index (χ2v) is 3.56. The molecule has 15 heavy (non-hydrogen) atoms. The fourth-order valence-electron chi connectivity index (χ4n) is 1.60. The van der Waals surface area contributed by atoms with Crippen LogP contribution in [0.2, 0.25) is 0 Å². The summed E-state index contributed by atoms with van der Waals surface area (Å²) in [6, 6.07) is 0. The Hall–Kier alpha value is 0.943. The van der Waals surface area contributed by atoms with Crippen LogP contribution in [0.25, 0.3) is 0 Å². The average molecular weight is 327 g/mol. The van der Waals surface area contributed by atoms with Crippen molar-refractivity contribution in [2.75, 3.05) is 0 Å². The van der Waals surface area contributed by atoms with Crippen LogP contribution in [-0.2, 0) is 26.2 Å². The average Bonchev–Trinajstić information content (AvgIpc) is 2.46. The van der Waals surface area contributed by atoms with Crippen molar-refractivity contribution in [1.82, 2.24) is 0 Å². The van der Waals surface area contributed by atoms with Gasteiger partial charge in [-0.15, -0.1) is 38.2 Å². The van der Waals surface area contributed by atoms with Crippen LogP contribution >= 0.6 is 24.8 Å². The van der Waals surface area contributed by atoms with Gasteiger partial charge >= 0.3 is 0 Å². The summed E-state index contributed by atoms with van der Waals surface area (Å²) in [5.74, 6) is 0. The predicted octanol–water partition coefficient (Wildman–Crippen LogP) is 4.88. The van der Waals surface area contributed by atoms with Crippen LogP contribution in [0.5, 0.6) is 0 Å². The van der Waals surface area contributed by atoms with Crippen LogP contribution in [0.15, 0.2) is 17.2 Å². The fourth-order valence-corrected chi connectivity index (χ4v) is 1.60. The first-order chi connectivity index (χ1) is 5.84. The van der Waals surface area contributed by atoms with E-state index in [-0.39, 0.29) is 51.0 Å². The second-order valence-electron chi connectivity index (χ2n) is 3.56. The van der Waals surface area contributed by atoms with Crippen molar-refractivity contribution in [3.8, 4) is 0 Å². The van der Waals surface area contributed by atoms with Crippen LogP contribution in [-0.4, -0.2) is 0 Å². The first-order valence-electron chi connectivity index (χ1n) is 5.11. The molecule has 0 N–H and O–H groups in total. The van der Waals surface area contributed by atoms with E-state index in [9.17, 15) is 0 Å². The van der Waals surface area contributed by atoms with E-state index in [0.717, 1.165) is 6.42 Å². The van der Waals surface area contributed by atoms with Gasteiger partial charge in [0.1, 0.15) is 0 Å². The molecule has 88 valence electrons. The Bertz CT molecular complexity index is 198. The van der Waals surface area contributed by atoms with Crippen molar-refractivity contribution < 1.29 is 26.2 Å². The summed E-state index contributed by atoms with van der Waals surface area (Å²) in [6.07, 6.45) is 13.4. The third kappa shape index (κ3) is 8.72. The van der Waals surface area contributed by atoms with E-state index in [1.54, 1.807) is 0 Å². The minimum absolute atomic E-state index is 0. The zero-order chi connectivity index (χ0) is 8.81. The minimum Gasteiger partial charge on any atom is -0.269 e. The van der Waals surface area contributed by atoms with E-state index >= 15 is 0 Å². The summed E-state index contributed by atoms with van der Waals surface area (Å²) >= 11 is 0. The number of hydrogen-bond donors (Lipinski definition) is 0. The van der Waals surface area contributed by atoms with Gasteiger partial charge in [0.25, 0.3) is 0 Å². The Labute approximate surface area is 126 Å². The van der Waals surface area contributed by atoms with Gasteiger partial charge in [-0.25, -0.2) is 11.1 Å². The Morgan fingerprint density at radius 3 is 2.33 bits per heavy atom. The fraction of sp³-hybridized carbons (Fsp3) is 0.667. The Morgan fingerprint density at radius 1 is 1.20 bits per heavy atom. The first-order valence-corrected chi connectivity index (χ1v) is 5.11. The normalized spacial score (nSPS) is 12.9. The smallest absolute Gasteiger partial charge is 0 e. The second kappa shape index (κ2) is 13.0. The molecule has 0 unspecified atom stereocenters. The van der Waals surface area contributed by atoms with Crippen molar-refractivity contribution in [2.45, 2.75) is 52.4 Å². The SMILES string of the molecule is CCCCCCC1=[C-]CC=C1C.Cl.Cl.[Zr]. The quantitative estimate of drug-likeness (QED) is 0.499. The van der Waals surface area contributed by atoms with E-state index in [2.05, 4.69) is 26.0 Å². The van der Waals surface area contributed by atoms with E-state index in [0.29, 0.717) is 0 Å². The number of allylic oxidation sites excluding steroid dienone is 4. The van der Waals surface area contributed by atoms with Crippen molar-refractivity contribution in [3.63, 3.8) is 0 Å². The Balaban J connectivity index is -0.000000480. The molecule has 0 aliphatic heterocycles. The Kier molecular flexibility index (Phi) is 18.4. The minimum atomic E-state index is 0. The molecular formula is C12H21Cl2Zr-. The molecule has 0 saturated carbocycles. The molecule has 1 aliphatic carbocycles. The summed E-state index contributed by atoms with van der Waals surface area (Å²) in [5.41, 5.74) is 2.94. The number of unbranched alkanes of at least 4 members (excludes halogenated alkanes) is 3. The van der Waals surface area contributed by atoms with Crippen molar-refractivity contribution in [2.24, 2.45) is 0 Å². The molecule has 0 atom stereocenters. The molecule has 1 rings (SSSR count). The maximum atomic E-state index is 3.41. The van der Waals surface area contributed by atoms with E-state index in [1.807, 2.05) is 0 Å². The van der Waals surface area contributed by atoms with Gasteiger partial charge in [0.2, 0.25) is 0 Å². The molecule has 0 radical (unpaired) electrons. The monoisotopic (exact) mass is 325 g/mol. The van der Waals surface area contributed by atoms with Gasteiger partial charge in [0.05, 0.1) is 0 Å². The predicted molar refractivity (Wildman–Crippen MR) is 68.4 cm³/mol. The number of hydrogen-bond acceptors (Lipinski definition) is 0. The van der Waals surface area contributed by atoms with Crippen LogP contribution in [0.4, 0.5) is 0 Å². The molecule has 3 heteroatoms. The molecule has 0 heterocycles. The van der Waals surface area contributed by atoms with Gasteiger partial charge in [-0.2, -0.15) is 6.08 Å². The summed E-state index contributed by atoms with van der Waals surface area (Å²) in [5, 5.41) is 0. The molecule has 0 aromatic rings. The van der Waals surface area contributed by atoms with Crippen molar-refractivity contribution >= 4 is 24.8 Å². The van der Waals surface area contributed by atoms with Crippen LogP contribution in [0.1, 0.15) is 52.4 Å². The van der Waals surface area contributed by atoms with Crippen LogP contribution in [0, 0.1) is 6.08 Å². The largest absolute Gasteiger partial charge is 0.269 e. The number of rotatable bonds is 5. The standard InChI is InChI=1S/C12H19.2ClH.Zr/c1-3-4-5-6-9-12-10-7-8-11(12)2;;;/h8H,3-7,9H2,1-2H3;2*1H;/q-1;;;. The summed E-state index contributed by atoms with van der Waals surface area (Å²) < 4.78 is 0. The molecule has 0 nitrogen and oxygen atoms in total. The van der Waals surface area contributed by atoms with Gasteiger partial charge in [0, 0.05) is 26.2 Å². The molecule has 0 fully saturated rings. The van der Waals surface area contributed by atoms with E-state index in [4.69, 9.17) is 0 Å². The zero-order valence-electron chi connectivity index (χ0n) is 9.64. The van der Waals surface area contributed by atoms with Crippen LogP contribution in [0.3, 0.4) is 0 Å². The van der Waals surface area contributed by atoms with Gasteiger partial charge in [-0.1, -0.05) is 39.0 Å². The molecule has 0 aromatic heterocycles. The Morgan fingerprint density at radius 2 is 1.87 bits per heavy atom. The van der Waals surface area contributed by atoms with Gasteiger partial charge in [-0.3, -0.25) is 6.08 Å². The van der Waals surface area contributed by atoms with E-state index < -0.39 is 0 Å². The third-order valence-corrected chi connectivity index (χ3v) is 2.48. The third-order valence-electron chi connectivity index (χ3n) is 2.48. The van der Waals surface area contributed by atoms with Crippen LogP contribution < -0.4 is 0 Å². The number of halogens is 2. The van der Waals surface area contributed by atoms with Crippen molar-refractivity contribution in [1.29, 1.82) is 0 Å². The van der Waals surface area contributed by atoms with E-state index in [1.165, 1.54) is 43.3 Å². The molecule has 0 amide bonds. The summed E-state index contributed by atoms with van der Waals surface area (Å²) in [7, 11) is 0. The molecule has 0 spiro atoms. The molecule has 1 aliphatic rings. The first kappa shape index (κ1) is 21.3. The molecule has 0 aromatic carbocycles. The zero-order valence-corrected chi connectivity index (χ0v) is 13.7. The maximum Gasteiger partial charge on any atom is 0 e. The molecule has 0 bridgehead atoms. The van der Waals surface area contributed by atoms with Gasteiger partial charge < -0.3 is 0 Å². The summed E-state index contributed by atoms with van der Waals surface area (Å²) in [4.78, 5) is 0.